The molecule has 1 aromatic carbocycles. The monoisotopic (exact) mass is 672 g/mol. The van der Waals surface area contributed by atoms with Crippen molar-refractivity contribution in [2.45, 2.75) is 149 Å². The third kappa shape index (κ3) is 4.53. The summed E-state index contributed by atoms with van der Waals surface area (Å²) < 4.78 is 46.0. The summed E-state index contributed by atoms with van der Waals surface area (Å²) in [6.45, 7) is 17.0. The lowest BCUT2D eigenvalue weighted by molar-refractivity contribution is -0.304. The third-order valence-corrected chi connectivity index (χ3v) is 16.5. The summed E-state index contributed by atoms with van der Waals surface area (Å²) in [6.07, 6.45) is 11.3. The smallest absolute Gasteiger partial charge is 0.446 e. The Morgan fingerprint density at radius 3 is 2.17 bits per heavy atom. The van der Waals surface area contributed by atoms with Gasteiger partial charge in [0.1, 0.15) is 5.75 Å². The summed E-state index contributed by atoms with van der Waals surface area (Å²) in [4.78, 5) is 12.0. The van der Waals surface area contributed by atoms with Crippen molar-refractivity contribution in [2.75, 3.05) is 0 Å². The molecule has 5 fully saturated rings. The molecule has 47 heavy (non-hydrogen) atoms. The molecular weight excluding hydrogens is 616 g/mol. The molecule has 1 saturated heterocycles. The first-order chi connectivity index (χ1) is 21.7. The van der Waals surface area contributed by atoms with Gasteiger partial charge in [-0.25, -0.2) is 4.79 Å². The molecular formula is C38H56O8S. The molecule has 7 rings (SSSR count). The van der Waals surface area contributed by atoms with E-state index in [1.165, 1.54) is 37.8 Å². The molecule has 6 aliphatic rings. The molecule has 0 bridgehead atoms. The summed E-state index contributed by atoms with van der Waals surface area (Å²) in [5.41, 5.74) is 1.39. The highest BCUT2D eigenvalue weighted by atomic mass is 32.3. The standard InChI is InChI=1S/C38H56O8S/c1-22-9-8-15-33(2,3)38(22)20-19-36(6)27-12-16-35(5)26(34(27,4)18-14-29(36)45-38)13-17-37(7)28(35)21-24-25(46-47(42,43)44)11-10-23(30(24)37)31(39)32(40)41/h10-11,22,26-29,31,39H,8-9,12-21H2,1-7H3,(H,40,41)(H,42,43,44). The first-order valence-corrected chi connectivity index (χ1v) is 19.5. The first-order valence-electron chi connectivity index (χ1n) is 18.2. The molecule has 1 aromatic rings. The van der Waals surface area contributed by atoms with Gasteiger partial charge in [0.2, 0.25) is 0 Å². The molecule has 0 radical (unpaired) electrons. The highest BCUT2D eigenvalue weighted by molar-refractivity contribution is 7.81. The van der Waals surface area contributed by atoms with Gasteiger partial charge in [0.15, 0.2) is 6.10 Å². The Labute approximate surface area is 281 Å². The van der Waals surface area contributed by atoms with Crippen molar-refractivity contribution < 1.29 is 36.9 Å². The van der Waals surface area contributed by atoms with E-state index in [0.717, 1.165) is 44.9 Å². The van der Waals surface area contributed by atoms with E-state index < -0.39 is 27.9 Å². The minimum atomic E-state index is -4.80. The molecule has 262 valence electrons. The van der Waals surface area contributed by atoms with Crippen LogP contribution in [0.2, 0.25) is 0 Å². The van der Waals surface area contributed by atoms with Crippen LogP contribution in [0.15, 0.2) is 12.1 Å². The average Bonchev–Trinajstić information content (AvgIpc) is 3.30. The normalized spacial score (nSPS) is 45.9. The second-order valence-electron chi connectivity index (χ2n) is 18.3. The van der Waals surface area contributed by atoms with Crippen molar-refractivity contribution in [1.29, 1.82) is 0 Å². The van der Waals surface area contributed by atoms with Crippen LogP contribution in [-0.4, -0.2) is 40.9 Å². The van der Waals surface area contributed by atoms with Crippen molar-refractivity contribution in [2.24, 2.45) is 45.3 Å². The summed E-state index contributed by atoms with van der Waals surface area (Å²) in [6, 6.07) is 2.85. The van der Waals surface area contributed by atoms with Gasteiger partial charge in [0, 0.05) is 5.56 Å². The number of ether oxygens (including phenoxy) is 1. The SMILES string of the molecule is CC1CCCC(C)(C)C12CCC1(C)C(CCC3(C)C1CCC1(C)C4Cc5c(OS(=O)(=O)O)ccc(C(O)C(=O)O)c5C4(C)CCC13)O2. The Bertz CT molecular complexity index is 1590. The number of rotatable bonds is 4. The van der Waals surface area contributed by atoms with Crippen molar-refractivity contribution in [1.82, 2.24) is 0 Å². The fourth-order valence-electron chi connectivity index (χ4n) is 14.0. The van der Waals surface area contributed by atoms with Gasteiger partial charge >= 0.3 is 16.4 Å². The van der Waals surface area contributed by atoms with Gasteiger partial charge in [-0.2, -0.15) is 8.42 Å². The number of fused-ring (bicyclic) bond motifs is 9. The summed E-state index contributed by atoms with van der Waals surface area (Å²) in [5.74, 6) is 0.343. The van der Waals surface area contributed by atoms with Crippen LogP contribution in [0.25, 0.3) is 0 Å². The number of carboxylic acids is 1. The van der Waals surface area contributed by atoms with E-state index in [4.69, 9.17) is 8.92 Å². The number of aliphatic hydroxyl groups excluding tert-OH is 1. The zero-order chi connectivity index (χ0) is 34.2. The first kappa shape index (κ1) is 33.8. The molecule has 1 aliphatic heterocycles. The zero-order valence-electron chi connectivity index (χ0n) is 29.4. The summed E-state index contributed by atoms with van der Waals surface area (Å²) in [5, 5.41) is 20.7. The summed E-state index contributed by atoms with van der Waals surface area (Å²) >= 11 is 0. The number of aliphatic hydroxyl groups is 1. The van der Waals surface area contributed by atoms with Gasteiger partial charge < -0.3 is 19.1 Å². The van der Waals surface area contributed by atoms with E-state index in [2.05, 4.69) is 48.5 Å². The fraction of sp³-hybridized carbons (Fsp3) is 0.816. The van der Waals surface area contributed by atoms with Crippen LogP contribution < -0.4 is 4.18 Å². The van der Waals surface area contributed by atoms with Crippen LogP contribution in [0, 0.1) is 45.3 Å². The van der Waals surface area contributed by atoms with Crippen LogP contribution in [0.3, 0.4) is 0 Å². The average molecular weight is 673 g/mol. The second-order valence-corrected chi connectivity index (χ2v) is 19.4. The Kier molecular flexibility index (Phi) is 7.50. The molecule has 0 aromatic heterocycles. The maximum Gasteiger partial charge on any atom is 0.446 e. The molecule has 0 amide bonds. The number of benzene rings is 1. The number of carbonyl (C=O) groups is 1. The van der Waals surface area contributed by atoms with Crippen molar-refractivity contribution in [3.63, 3.8) is 0 Å². The zero-order valence-corrected chi connectivity index (χ0v) is 30.2. The third-order valence-electron chi connectivity index (χ3n) is 16.1. The van der Waals surface area contributed by atoms with Crippen molar-refractivity contribution in [3.05, 3.63) is 28.8 Å². The second kappa shape index (κ2) is 10.4. The molecule has 5 aliphatic carbocycles. The topological polar surface area (TPSA) is 130 Å². The molecule has 11 atom stereocenters. The van der Waals surface area contributed by atoms with Crippen LogP contribution in [0.5, 0.6) is 5.75 Å². The Morgan fingerprint density at radius 2 is 1.51 bits per heavy atom. The Balaban J connectivity index is 1.24. The van der Waals surface area contributed by atoms with Gasteiger partial charge in [-0.3, -0.25) is 4.55 Å². The predicted molar refractivity (Wildman–Crippen MR) is 178 cm³/mol. The largest absolute Gasteiger partial charge is 0.479 e. The van der Waals surface area contributed by atoms with E-state index in [9.17, 15) is 28.0 Å². The minimum Gasteiger partial charge on any atom is -0.479 e. The fourth-order valence-corrected chi connectivity index (χ4v) is 14.3. The predicted octanol–water partition coefficient (Wildman–Crippen LogP) is 7.81. The van der Waals surface area contributed by atoms with E-state index >= 15 is 0 Å². The molecule has 4 saturated carbocycles. The highest BCUT2D eigenvalue weighted by Crippen LogP contribution is 2.75. The number of hydrogen-bond acceptors (Lipinski definition) is 6. The molecule has 8 nitrogen and oxygen atoms in total. The van der Waals surface area contributed by atoms with Crippen molar-refractivity contribution in [3.8, 4) is 5.75 Å². The molecule has 1 heterocycles. The number of carboxylic acid groups (broad SMARTS) is 1. The van der Waals surface area contributed by atoms with E-state index in [1.54, 1.807) is 0 Å². The maximum absolute atomic E-state index is 12.0. The van der Waals surface area contributed by atoms with E-state index in [1.807, 2.05) is 0 Å². The molecule has 9 heteroatoms. The summed E-state index contributed by atoms with van der Waals surface area (Å²) in [7, 11) is -4.80. The van der Waals surface area contributed by atoms with Gasteiger partial charge in [0.25, 0.3) is 0 Å². The van der Waals surface area contributed by atoms with Crippen LogP contribution in [-0.2, 0) is 31.8 Å². The minimum absolute atomic E-state index is 0.0284. The van der Waals surface area contributed by atoms with Crippen LogP contribution in [0.1, 0.15) is 142 Å². The Hall–Kier alpha value is -1.68. The van der Waals surface area contributed by atoms with E-state index in [0.29, 0.717) is 40.9 Å². The van der Waals surface area contributed by atoms with Gasteiger partial charge in [-0.15, -0.1) is 0 Å². The lowest BCUT2D eigenvalue weighted by Gasteiger charge is -2.71. The van der Waals surface area contributed by atoms with Crippen LogP contribution in [0.4, 0.5) is 0 Å². The number of aliphatic carboxylic acids is 1. The quantitative estimate of drug-likeness (QED) is 0.276. The molecule has 1 spiro atoms. The maximum atomic E-state index is 12.0. The van der Waals surface area contributed by atoms with Crippen LogP contribution >= 0.6 is 0 Å². The lowest BCUT2D eigenvalue weighted by atomic mass is 9.36. The lowest BCUT2D eigenvalue weighted by Crippen LogP contribution is -2.68. The highest BCUT2D eigenvalue weighted by Gasteiger charge is 2.70. The van der Waals surface area contributed by atoms with Gasteiger partial charge in [-0.1, -0.05) is 61.0 Å². The van der Waals surface area contributed by atoms with Gasteiger partial charge in [0.05, 0.1) is 11.7 Å². The van der Waals surface area contributed by atoms with E-state index in [-0.39, 0.29) is 45.0 Å². The molecule has 3 N–H and O–H groups in total. The van der Waals surface area contributed by atoms with Gasteiger partial charge in [-0.05, 0) is 139 Å². The number of hydrogen-bond donors (Lipinski definition) is 3. The van der Waals surface area contributed by atoms with Crippen molar-refractivity contribution >= 4 is 16.4 Å². The Morgan fingerprint density at radius 1 is 0.872 bits per heavy atom. The molecule has 11 unspecified atom stereocenters.